The second kappa shape index (κ2) is 4.75. The minimum Gasteiger partial charge on any atom is -0.314 e. The van der Waals surface area contributed by atoms with Crippen LogP contribution in [-0.4, -0.2) is 37.1 Å². The van der Waals surface area contributed by atoms with E-state index in [0.717, 1.165) is 26.2 Å². The van der Waals surface area contributed by atoms with Gasteiger partial charge in [0.15, 0.2) is 0 Å². The van der Waals surface area contributed by atoms with Gasteiger partial charge in [-0.2, -0.15) is 0 Å². The molecule has 0 atom stereocenters. The molecule has 1 saturated heterocycles. The number of amides is 1. The summed E-state index contributed by atoms with van der Waals surface area (Å²) in [5.41, 5.74) is 3.00. The molecule has 0 spiro atoms. The predicted molar refractivity (Wildman–Crippen MR) is 56.7 cm³/mol. The summed E-state index contributed by atoms with van der Waals surface area (Å²) >= 11 is 0. The molecule has 82 valence electrons. The summed E-state index contributed by atoms with van der Waals surface area (Å²) in [5, 5.41) is 5.23. The maximum atomic E-state index is 11.6. The van der Waals surface area contributed by atoms with Crippen molar-refractivity contribution in [3.8, 4) is 0 Å². The van der Waals surface area contributed by atoms with E-state index in [1.54, 1.807) is 0 Å². The number of nitrogens with one attached hydrogen (secondary N) is 2. The van der Waals surface area contributed by atoms with Crippen molar-refractivity contribution >= 4 is 5.91 Å². The molecule has 1 aliphatic heterocycles. The number of hydrogen-bond acceptors (Lipinski definition) is 3. The van der Waals surface area contributed by atoms with Crippen LogP contribution in [0.1, 0.15) is 27.2 Å². The normalized spacial score (nSPS) is 19.4. The van der Waals surface area contributed by atoms with Gasteiger partial charge in [-0.05, 0) is 5.41 Å². The van der Waals surface area contributed by atoms with Gasteiger partial charge in [-0.3, -0.25) is 10.2 Å². The minimum atomic E-state index is 0.0676. The van der Waals surface area contributed by atoms with E-state index in [0.29, 0.717) is 6.42 Å². The summed E-state index contributed by atoms with van der Waals surface area (Å²) < 4.78 is 0. The van der Waals surface area contributed by atoms with E-state index in [1.165, 1.54) is 0 Å². The molecule has 1 amide bonds. The van der Waals surface area contributed by atoms with Crippen LogP contribution in [0.25, 0.3) is 0 Å². The Balaban J connectivity index is 2.25. The van der Waals surface area contributed by atoms with E-state index in [9.17, 15) is 4.79 Å². The van der Waals surface area contributed by atoms with Gasteiger partial charge in [-0.25, -0.2) is 5.01 Å². The van der Waals surface area contributed by atoms with Crippen molar-refractivity contribution in [2.45, 2.75) is 27.2 Å². The largest absolute Gasteiger partial charge is 0.314 e. The average Bonchev–Trinajstić information content (AvgIpc) is 2.02. The number of hydrazine groups is 1. The van der Waals surface area contributed by atoms with E-state index in [1.807, 2.05) is 5.01 Å². The highest BCUT2D eigenvalue weighted by atomic mass is 16.2. The summed E-state index contributed by atoms with van der Waals surface area (Å²) in [6.45, 7) is 9.93. The van der Waals surface area contributed by atoms with Gasteiger partial charge < -0.3 is 5.32 Å². The van der Waals surface area contributed by atoms with Gasteiger partial charge >= 0.3 is 0 Å². The lowest BCUT2D eigenvalue weighted by Crippen LogP contribution is -2.52. The smallest absolute Gasteiger partial charge is 0.234 e. The van der Waals surface area contributed by atoms with Gasteiger partial charge in [0, 0.05) is 32.6 Å². The highest BCUT2D eigenvalue weighted by Gasteiger charge is 2.18. The summed E-state index contributed by atoms with van der Waals surface area (Å²) in [4.78, 5) is 11.6. The van der Waals surface area contributed by atoms with Crippen LogP contribution in [0.3, 0.4) is 0 Å². The lowest BCUT2D eigenvalue weighted by atomic mass is 9.92. The Hall–Kier alpha value is -0.610. The number of rotatable bonds is 2. The van der Waals surface area contributed by atoms with Crippen LogP contribution in [0.4, 0.5) is 0 Å². The maximum Gasteiger partial charge on any atom is 0.234 e. The molecule has 1 rings (SSSR count). The number of hydrogen-bond donors (Lipinski definition) is 2. The molecule has 4 heteroatoms. The van der Waals surface area contributed by atoms with Crippen molar-refractivity contribution in [1.29, 1.82) is 0 Å². The van der Waals surface area contributed by atoms with Crippen LogP contribution < -0.4 is 10.7 Å². The Bertz CT molecular complexity index is 192. The van der Waals surface area contributed by atoms with Crippen molar-refractivity contribution < 1.29 is 4.79 Å². The molecule has 2 N–H and O–H groups in total. The van der Waals surface area contributed by atoms with Crippen LogP contribution in [-0.2, 0) is 4.79 Å². The van der Waals surface area contributed by atoms with E-state index in [-0.39, 0.29) is 11.3 Å². The summed E-state index contributed by atoms with van der Waals surface area (Å²) in [6, 6.07) is 0. The van der Waals surface area contributed by atoms with Crippen molar-refractivity contribution in [2.75, 3.05) is 26.2 Å². The van der Waals surface area contributed by atoms with Crippen LogP contribution in [0.5, 0.6) is 0 Å². The molecule has 14 heavy (non-hydrogen) atoms. The van der Waals surface area contributed by atoms with Gasteiger partial charge in [0.05, 0.1) is 0 Å². The molecule has 0 aliphatic carbocycles. The Kier molecular flexibility index (Phi) is 3.89. The second-order valence-electron chi connectivity index (χ2n) is 5.01. The molecular weight excluding hydrogens is 178 g/mol. The lowest BCUT2D eigenvalue weighted by Gasteiger charge is -2.28. The first-order valence-corrected chi connectivity index (χ1v) is 5.22. The zero-order chi connectivity index (χ0) is 10.6. The predicted octanol–water partition coefficient (Wildman–Crippen LogP) is 0.359. The third-order valence-electron chi connectivity index (χ3n) is 2.09. The highest BCUT2D eigenvalue weighted by Crippen LogP contribution is 2.17. The number of piperazine rings is 1. The maximum absolute atomic E-state index is 11.6. The quantitative estimate of drug-likeness (QED) is 0.675. The highest BCUT2D eigenvalue weighted by molar-refractivity contribution is 5.76. The van der Waals surface area contributed by atoms with Gasteiger partial charge in [-0.15, -0.1) is 0 Å². The summed E-state index contributed by atoms with van der Waals surface area (Å²) in [7, 11) is 0. The van der Waals surface area contributed by atoms with Crippen molar-refractivity contribution in [3.63, 3.8) is 0 Å². The molecule has 4 nitrogen and oxygen atoms in total. The molecule has 0 saturated carbocycles. The Morgan fingerprint density at radius 2 is 1.93 bits per heavy atom. The van der Waals surface area contributed by atoms with Crippen LogP contribution in [0.15, 0.2) is 0 Å². The Labute approximate surface area is 86.0 Å². The van der Waals surface area contributed by atoms with E-state index in [2.05, 4.69) is 31.5 Å². The fourth-order valence-electron chi connectivity index (χ4n) is 1.47. The van der Waals surface area contributed by atoms with Crippen LogP contribution in [0, 0.1) is 5.41 Å². The van der Waals surface area contributed by atoms with Crippen molar-refractivity contribution in [1.82, 2.24) is 15.8 Å². The standard InChI is InChI=1S/C10H21N3O/c1-10(2,3)8-9(14)12-13-6-4-11-5-7-13/h11H,4-8H2,1-3H3,(H,12,14). The molecule has 1 aliphatic rings. The van der Waals surface area contributed by atoms with E-state index < -0.39 is 0 Å². The molecule has 0 unspecified atom stereocenters. The summed E-state index contributed by atoms with van der Waals surface area (Å²) in [6.07, 6.45) is 0.580. The van der Waals surface area contributed by atoms with Gasteiger partial charge in [-0.1, -0.05) is 20.8 Å². The molecule has 0 aromatic heterocycles. The Morgan fingerprint density at radius 1 is 1.36 bits per heavy atom. The molecule has 0 aromatic carbocycles. The van der Waals surface area contributed by atoms with Crippen molar-refractivity contribution in [2.24, 2.45) is 5.41 Å². The van der Waals surface area contributed by atoms with E-state index >= 15 is 0 Å². The first-order valence-electron chi connectivity index (χ1n) is 5.22. The molecule has 0 aromatic rings. The topological polar surface area (TPSA) is 44.4 Å². The van der Waals surface area contributed by atoms with Crippen LogP contribution >= 0.6 is 0 Å². The third kappa shape index (κ3) is 4.58. The second-order valence-corrected chi connectivity index (χ2v) is 5.01. The number of nitrogens with zero attached hydrogens (tertiary/aromatic N) is 1. The number of carbonyl (C=O) groups is 1. The van der Waals surface area contributed by atoms with Gasteiger partial charge in [0.25, 0.3) is 0 Å². The third-order valence-corrected chi connectivity index (χ3v) is 2.09. The van der Waals surface area contributed by atoms with Gasteiger partial charge in [0.2, 0.25) is 5.91 Å². The van der Waals surface area contributed by atoms with E-state index in [4.69, 9.17) is 0 Å². The van der Waals surface area contributed by atoms with Crippen LogP contribution in [0.2, 0.25) is 0 Å². The monoisotopic (exact) mass is 199 g/mol. The Morgan fingerprint density at radius 3 is 2.43 bits per heavy atom. The zero-order valence-corrected chi connectivity index (χ0v) is 9.39. The van der Waals surface area contributed by atoms with Crippen molar-refractivity contribution in [3.05, 3.63) is 0 Å². The molecule has 1 fully saturated rings. The zero-order valence-electron chi connectivity index (χ0n) is 9.39. The first kappa shape index (κ1) is 11.5. The van der Waals surface area contributed by atoms with Gasteiger partial charge in [0.1, 0.15) is 0 Å². The molecular formula is C10H21N3O. The average molecular weight is 199 g/mol. The first-order chi connectivity index (χ1) is 6.47. The molecule has 0 bridgehead atoms. The lowest BCUT2D eigenvalue weighted by molar-refractivity contribution is -0.128. The minimum absolute atomic E-state index is 0.0676. The molecule has 0 radical (unpaired) electrons. The summed E-state index contributed by atoms with van der Waals surface area (Å²) in [5.74, 6) is 0.124. The SMILES string of the molecule is CC(C)(C)CC(=O)NN1CCNCC1. The number of carbonyl (C=O) groups excluding carboxylic acids is 1. The fourth-order valence-corrected chi connectivity index (χ4v) is 1.47. The fraction of sp³-hybridized carbons (Fsp3) is 0.900. The molecule has 1 heterocycles.